The third-order valence-electron chi connectivity index (χ3n) is 3.49. The molecule has 3 aromatic carbocycles. The van der Waals surface area contributed by atoms with Crippen LogP contribution in [0.5, 0.6) is 0 Å². The summed E-state index contributed by atoms with van der Waals surface area (Å²) in [5, 5.41) is 0. The first-order chi connectivity index (χ1) is 9.82. The van der Waals surface area contributed by atoms with Crippen molar-refractivity contribution < 1.29 is 0 Å². The van der Waals surface area contributed by atoms with E-state index in [2.05, 4.69) is 85.1 Å². The van der Waals surface area contributed by atoms with Gasteiger partial charge in [0.15, 0.2) is 0 Å². The molecule has 0 radical (unpaired) electrons. The molecular formula is C19H16S. The summed E-state index contributed by atoms with van der Waals surface area (Å²) >= 11 is 0. The molecule has 0 spiro atoms. The van der Waals surface area contributed by atoms with Crippen LogP contribution >= 0.6 is 10.0 Å². The first-order valence-corrected chi connectivity index (χ1v) is 8.63. The van der Waals surface area contributed by atoms with E-state index in [1.807, 2.05) is 12.1 Å². The molecule has 0 nitrogen and oxygen atoms in total. The highest BCUT2D eigenvalue weighted by Gasteiger charge is 2.25. The van der Waals surface area contributed by atoms with Gasteiger partial charge in [-0.3, -0.25) is 0 Å². The molecule has 0 fully saturated rings. The Morgan fingerprint density at radius 2 is 1.25 bits per heavy atom. The molecular weight excluding hydrogens is 260 g/mol. The van der Waals surface area contributed by atoms with Gasteiger partial charge in [-0.2, -0.15) is 10.0 Å². The lowest BCUT2D eigenvalue weighted by atomic mass is 10.4. The lowest BCUT2D eigenvalue weighted by molar-refractivity contribution is 1.30. The molecule has 0 aromatic heterocycles. The fourth-order valence-corrected chi connectivity index (χ4v) is 5.15. The zero-order valence-electron chi connectivity index (χ0n) is 11.4. The predicted molar refractivity (Wildman–Crippen MR) is 85.3 cm³/mol. The molecule has 0 saturated carbocycles. The van der Waals surface area contributed by atoms with Crippen LogP contribution in [-0.4, -0.2) is 6.26 Å². The average Bonchev–Trinajstić information content (AvgIpc) is 2.56. The maximum Gasteiger partial charge on any atom is 0.0485 e. The Balaban J connectivity index is 2.24. The highest BCUT2D eigenvalue weighted by atomic mass is 32.3. The van der Waals surface area contributed by atoms with Gasteiger partial charge < -0.3 is 0 Å². The van der Waals surface area contributed by atoms with Gasteiger partial charge in [0.2, 0.25) is 0 Å². The standard InChI is InChI=1S/C19H16S/c1-20(17-11-5-2-6-12-17,18-13-7-3-8-14-18)19-15-9-4-10-16-19/h2-9,11-15H,1H3. The normalized spacial score (nSPS) is 11.7. The van der Waals surface area contributed by atoms with E-state index in [0.717, 1.165) is 0 Å². The molecule has 0 heterocycles. The summed E-state index contributed by atoms with van der Waals surface area (Å²) < 4.78 is 0. The summed E-state index contributed by atoms with van der Waals surface area (Å²) in [6.07, 6.45) is 2.33. The van der Waals surface area contributed by atoms with Crippen LogP contribution < -0.4 is 0 Å². The van der Waals surface area contributed by atoms with Crippen molar-refractivity contribution in [2.24, 2.45) is 0 Å². The number of benzene rings is 2. The summed E-state index contributed by atoms with van der Waals surface area (Å²) in [4.78, 5) is 3.92. The molecule has 0 amide bonds. The molecule has 0 unspecified atom stereocenters. The molecule has 20 heavy (non-hydrogen) atoms. The third kappa shape index (κ3) is 2.19. The molecule has 0 saturated heterocycles. The Morgan fingerprint density at radius 3 is 1.70 bits per heavy atom. The number of hydrogen-bond donors (Lipinski definition) is 0. The molecule has 0 bridgehead atoms. The Kier molecular flexibility index (Phi) is 3.50. The quantitative estimate of drug-likeness (QED) is 0.617. The van der Waals surface area contributed by atoms with Crippen molar-refractivity contribution in [3.8, 4) is 0 Å². The van der Waals surface area contributed by atoms with E-state index in [1.165, 1.54) is 14.7 Å². The van der Waals surface area contributed by atoms with Crippen LogP contribution in [0.3, 0.4) is 0 Å². The van der Waals surface area contributed by atoms with Crippen LogP contribution in [0.1, 0.15) is 0 Å². The fourth-order valence-electron chi connectivity index (χ4n) is 2.35. The van der Waals surface area contributed by atoms with E-state index >= 15 is 0 Å². The maximum atomic E-state index is 3.32. The topological polar surface area (TPSA) is 0 Å². The monoisotopic (exact) mass is 276 g/mol. The highest BCUT2D eigenvalue weighted by Crippen LogP contribution is 2.64. The van der Waals surface area contributed by atoms with Gasteiger partial charge in [-0.1, -0.05) is 54.6 Å². The van der Waals surface area contributed by atoms with Crippen molar-refractivity contribution >= 4 is 10.0 Å². The summed E-state index contributed by atoms with van der Waals surface area (Å²) in [6, 6.07) is 33.9. The Morgan fingerprint density at radius 1 is 0.700 bits per heavy atom. The molecule has 3 rings (SSSR count). The van der Waals surface area contributed by atoms with Gasteiger partial charge >= 0.3 is 0 Å². The Bertz CT molecular complexity index is 563. The van der Waals surface area contributed by atoms with Crippen molar-refractivity contribution in [1.29, 1.82) is 0 Å². The van der Waals surface area contributed by atoms with Gasteiger partial charge in [-0.15, -0.1) is 0 Å². The average molecular weight is 276 g/mol. The summed E-state index contributed by atoms with van der Waals surface area (Å²) in [7, 11) is -1.26. The van der Waals surface area contributed by atoms with Crippen LogP contribution in [0.15, 0.2) is 93.5 Å². The van der Waals surface area contributed by atoms with Gasteiger partial charge in [0.1, 0.15) is 0 Å². The van der Waals surface area contributed by atoms with Crippen LogP contribution in [0.4, 0.5) is 0 Å². The summed E-state index contributed by atoms with van der Waals surface area (Å²) in [5.74, 6) is 0. The zero-order chi connectivity index (χ0) is 13.8. The molecule has 0 aliphatic heterocycles. The predicted octanol–water partition coefficient (Wildman–Crippen LogP) is 5.20. The van der Waals surface area contributed by atoms with Gasteiger partial charge in [-0.25, -0.2) is 0 Å². The van der Waals surface area contributed by atoms with Crippen LogP contribution in [-0.2, 0) is 0 Å². The van der Waals surface area contributed by atoms with E-state index in [0.29, 0.717) is 0 Å². The Hall–Kier alpha value is -2.17. The minimum Gasteiger partial charge on any atom is -0.156 e. The maximum absolute atomic E-state index is 3.32. The van der Waals surface area contributed by atoms with E-state index in [-0.39, 0.29) is 0 Å². The van der Waals surface area contributed by atoms with E-state index in [9.17, 15) is 0 Å². The smallest absolute Gasteiger partial charge is 0.0485 e. The molecule has 0 N–H and O–H groups in total. The molecule has 0 aliphatic rings. The Labute approximate surface area is 122 Å². The highest BCUT2D eigenvalue weighted by molar-refractivity contribution is 8.33. The minimum atomic E-state index is -1.26. The van der Waals surface area contributed by atoms with Gasteiger partial charge in [-0.05, 0) is 52.4 Å². The second kappa shape index (κ2) is 5.45. The van der Waals surface area contributed by atoms with Crippen LogP contribution in [0.25, 0.3) is 0 Å². The van der Waals surface area contributed by atoms with Gasteiger partial charge in [0, 0.05) is 4.90 Å². The van der Waals surface area contributed by atoms with Crippen molar-refractivity contribution in [2.75, 3.05) is 6.26 Å². The van der Waals surface area contributed by atoms with Crippen molar-refractivity contribution in [3.05, 3.63) is 91.0 Å². The summed E-state index contributed by atoms with van der Waals surface area (Å²) in [5.41, 5.74) is 0. The first kappa shape index (κ1) is 12.8. The second-order valence-corrected chi connectivity index (χ2v) is 7.92. The van der Waals surface area contributed by atoms with Crippen LogP contribution in [0.2, 0.25) is 0 Å². The second-order valence-electron chi connectivity index (χ2n) is 4.70. The SMILES string of the molecule is CS(c1c#cccc1)(c1ccccc1)c1ccccc1. The van der Waals surface area contributed by atoms with Gasteiger partial charge in [0.05, 0.1) is 0 Å². The molecule has 0 aliphatic carbocycles. The lowest BCUT2D eigenvalue weighted by Crippen LogP contribution is -2.00. The summed E-state index contributed by atoms with van der Waals surface area (Å²) in [6.45, 7) is 0. The number of rotatable bonds is 3. The van der Waals surface area contributed by atoms with Crippen molar-refractivity contribution in [1.82, 2.24) is 0 Å². The van der Waals surface area contributed by atoms with E-state index in [4.69, 9.17) is 0 Å². The molecule has 98 valence electrons. The van der Waals surface area contributed by atoms with Crippen molar-refractivity contribution in [2.45, 2.75) is 14.7 Å². The molecule has 3 aromatic rings. The van der Waals surface area contributed by atoms with Gasteiger partial charge in [0.25, 0.3) is 0 Å². The van der Waals surface area contributed by atoms with Crippen molar-refractivity contribution in [3.63, 3.8) is 0 Å². The molecule has 0 atom stereocenters. The van der Waals surface area contributed by atoms with Crippen LogP contribution in [0, 0.1) is 12.1 Å². The number of hydrogen-bond acceptors (Lipinski definition) is 0. The third-order valence-corrected chi connectivity index (χ3v) is 7.04. The first-order valence-electron chi connectivity index (χ1n) is 6.59. The lowest BCUT2D eigenvalue weighted by Gasteiger charge is -2.36. The fraction of sp³-hybridized carbons (Fsp3) is 0.0526. The zero-order valence-corrected chi connectivity index (χ0v) is 12.2. The van der Waals surface area contributed by atoms with E-state index in [1.54, 1.807) is 0 Å². The largest absolute Gasteiger partial charge is 0.156 e. The molecule has 1 heteroatoms. The minimum absolute atomic E-state index is 1.22. The van der Waals surface area contributed by atoms with E-state index < -0.39 is 10.0 Å².